The first-order chi connectivity index (χ1) is 15.2. The highest BCUT2D eigenvalue weighted by molar-refractivity contribution is 5.74. The van der Waals surface area contributed by atoms with Crippen molar-refractivity contribution < 1.29 is 4.74 Å². The van der Waals surface area contributed by atoms with Crippen molar-refractivity contribution in [2.75, 3.05) is 6.54 Å². The molecule has 0 aromatic carbocycles. The lowest BCUT2D eigenvalue weighted by atomic mass is 10.1. The fraction of sp³-hybridized carbons (Fsp3) is 0.227. The van der Waals surface area contributed by atoms with Gasteiger partial charge in [0.1, 0.15) is 29.0 Å². The predicted octanol–water partition coefficient (Wildman–Crippen LogP) is 2.90. The molecule has 4 aromatic heterocycles. The summed E-state index contributed by atoms with van der Waals surface area (Å²) in [6, 6.07) is 11.7. The third-order valence-electron chi connectivity index (χ3n) is 5.34. The molecule has 0 fully saturated rings. The summed E-state index contributed by atoms with van der Waals surface area (Å²) in [5.74, 6) is 0.536. The van der Waals surface area contributed by atoms with Crippen LogP contribution in [0.25, 0.3) is 16.8 Å². The zero-order chi connectivity index (χ0) is 21.4. The van der Waals surface area contributed by atoms with E-state index in [0.29, 0.717) is 36.5 Å². The highest BCUT2D eigenvalue weighted by Gasteiger charge is 2.21. The van der Waals surface area contributed by atoms with Crippen molar-refractivity contribution in [3.05, 3.63) is 65.9 Å². The van der Waals surface area contributed by atoms with E-state index in [1.54, 1.807) is 15.6 Å². The quantitative estimate of drug-likeness (QED) is 0.476. The van der Waals surface area contributed by atoms with Gasteiger partial charge in [-0.05, 0) is 31.2 Å². The van der Waals surface area contributed by atoms with Crippen molar-refractivity contribution in [2.24, 2.45) is 0 Å². The molecule has 31 heavy (non-hydrogen) atoms. The Labute approximate surface area is 178 Å². The van der Waals surface area contributed by atoms with Crippen LogP contribution in [0.3, 0.4) is 0 Å². The van der Waals surface area contributed by atoms with Crippen LogP contribution in [-0.4, -0.2) is 35.8 Å². The fourth-order valence-electron chi connectivity index (χ4n) is 3.76. The average molecular weight is 410 g/mol. The lowest BCUT2D eigenvalue weighted by Gasteiger charge is -2.21. The number of ether oxygens (including phenoxy) is 1. The third kappa shape index (κ3) is 3.32. The molecule has 152 valence electrons. The van der Waals surface area contributed by atoms with Crippen LogP contribution >= 0.6 is 0 Å². The molecule has 0 bridgehead atoms. The molecule has 0 spiro atoms. The number of rotatable bonds is 4. The van der Waals surface area contributed by atoms with Crippen LogP contribution in [0.2, 0.25) is 0 Å². The van der Waals surface area contributed by atoms with Crippen LogP contribution in [0.5, 0.6) is 5.75 Å². The largest absolute Gasteiger partial charge is 0.482 e. The summed E-state index contributed by atoms with van der Waals surface area (Å²) in [5.41, 5.74) is 4.38. The van der Waals surface area contributed by atoms with Crippen LogP contribution in [0.1, 0.15) is 30.0 Å². The SMILES string of the molecule is C[C@@H](Oc1cc(-c2cc3n(n2)CCN(C#N)C3)cn2ncc(C#N)c12)c1ccccn1. The van der Waals surface area contributed by atoms with Gasteiger partial charge in [0, 0.05) is 24.5 Å². The molecule has 4 aromatic rings. The van der Waals surface area contributed by atoms with E-state index in [1.807, 2.05) is 48.1 Å². The Bertz CT molecular complexity index is 1340. The monoisotopic (exact) mass is 410 g/mol. The summed E-state index contributed by atoms with van der Waals surface area (Å²) in [6.45, 7) is 3.75. The Hall–Kier alpha value is -4.37. The predicted molar refractivity (Wildman–Crippen MR) is 110 cm³/mol. The number of hydrogen-bond acceptors (Lipinski definition) is 7. The number of fused-ring (bicyclic) bond motifs is 2. The molecule has 0 unspecified atom stereocenters. The Morgan fingerprint density at radius 3 is 2.87 bits per heavy atom. The average Bonchev–Trinajstić information content (AvgIpc) is 3.43. The standard InChI is InChI=1S/C22H18N8O/c1-15(19-4-2-3-5-25-19)31-21-8-16(12-30-22(21)17(10-23)11-26-30)20-9-18-13-28(14-24)6-7-29(18)27-20/h2-5,8-9,11-12,15H,6-7,13H2,1H3/t15-/m1/s1. The van der Waals surface area contributed by atoms with Gasteiger partial charge < -0.3 is 9.64 Å². The normalized spacial score (nSPS) is 14.0. The molecule has 0 radical (unpaired) electrons. The summed E-state index contributed by atoms with van der Waals surface area (Å²) in [6.07, 6.45) is 6.97. The summed E-state index contributed by atoms with van der Waals surface area (Å²) < 4.78 is 9.82. The van der Waals surface area contributed by atoms with Crippen LogP contribution in [0, 0.1) is 22.8 Å². The molecule has 9 nitrogen and oxygen atoms in total. The van der Waals surface area contributed by atoms with Crippen molar-refractivity contribution >= 4 is 5.52 Å². The van der Waals surface area contributed by atoms with E-state index < -0.39 is 0 Å². The third-order valence-corrected chi connectivity index (χ3v) is 5.34. The second-order valence-electron chi connectivity index (χ2n) is 7.34. The summed E-state index contributed by atoms with van der Waals surface area (Å²) in [5, 5.41) is 27.8. The minimum absolute atomic E-state index is 0.318. The van der Waals surface area contributed by atoms with Gasteiger partial charge in [-0.15, -0.1) is 0 Å². The van der Waals surface area contributed by atoms with E-state index in [1.165, 1.54) is 6.20 Å². The maximum absolute atomic E-state index is 9.53. The number of aromatic nitrogens is 5. The van der Waals surface area contributed by atoms with E-state index in [0.717, 1.165) is 22.6 Å². The molecule has 5 rings (SSSR count). The van der Waals surface area contributed by atoms with E-state index in [9.17, 15) is 10.5 Å². The first kappa shape index (κ1) is 18.6. The molecule has 1 aliphatic rings. The van der Waals surface area contributed by atoms with Crippen molar-refractivity contribution in [3.8, 4) is 29.3 Å². The zero-order valence-electron chi connectivity index (χ0n) is 16.8. The molecule has 0 saturated heterocycles. The van der Waals surface area contributed by atoms with Gasteiger partial charge in [-0.1, -0.05) is 6.07 Å². The second kappa shape index (κ2) is 7.47. The van der Waals surface area contributed by atoms with E-state index in [-0.39, 0.29) is 6.10 Å². The highest BCUT2D eigenvalue weighted by Crippen LogP contribution is 2.33. The topological polar surface area (TPSA) is 108 Å². The molecule has 0 amide bonds. The summed E-state index contributed by atoms with van der Waals surface area (Å²) >= 11 is 0. The molecular formula is C22H18N8O. The molecule has 5 heterocycles. The molecule has 1 aliphatic heterocycles. The Balaban J connectivity index is 1.57. The van der Waals surface area contributed by atoms with Crippen LogP contribution in [-0.2, 0) is 13.1 Å². The first-order valence-corrected chi connectivity index (χ1v) is 9.87. The zero-order valence-corrected chi connectivity index (χ0v) is 16.8. The Morgan fingerprint density at radius 2 is 2.10 bits per heavy atom. The molecule has 1 atom stereocenters. The van der Waals surface area contributed by atoms with E-state index >= 15 is 0 Å². The van der Waals surface area contributed by atoms with Crippen LogP contribution in [0.15, 0.2) is 48.9 Å². The fourth-order valence-corrected chi connectivity index (χ4v) is 3.76. The number of nitriles is 2. The van der Waals surface area contributed by atoms with Gasteiger partial charge in [0.05, 0.1) is 36.4 Å². The van der Waals surface area contributed by atoms with Crippen molar-refractivity contribution in [3.63, 3.8) is 0 Å². The minimum atomic E-state index is -0.318. The Kier molecular flexibility index (Phi) is 4.49. The lowest BCUT2D eigenvalue weighted by Crippen LogP contribution is -2.30. The lowest BCUT2D eigenvalue weighted by molar-refractivity contribution is 0.224. The van der Waals surface area contributed by atoms with Gasteiger partial charge in [-0.2, -0.15) is 20.7 Å². The van der Waals surface area contributed by atoms with Gasteiger partial charge in [-0.3, -0.25) is 9.67 Å². The first-order valence-electron chi connectivity index (χ1n) is 9.87. The van der Waals surface area contributed by atoms with Crippen LogP contribution in [0.4, 0.5) is 0 Å². The maximum Gasteiger partial charge on any atom is 0.179 e. The Morgan fingerprint density at radius 1 is 1.19 bits per heavy atom. The molecular weight excluding hydrogens is 392 g/mol. The molecule has 0 aliphatic carbocycles. The van der Waals surface area contributed by atoms with E-state index in [4.69, 9.17) is 9.84 Å². The minimum Gasteiger partial charge on any atom is -0.482 e. The summed E-state index contributed by atoms with van der Waals surface area (Å²) in [7, 11) is 0. The van der Waals surface area contributed by atoms with E-state index in [2.05, 4.69) is 22.3 Å². The van der Waals surface area contributed by atoms with Gasteiger partial charge in [0.2, 0.25) is 0 Å². The number of hydrogen-bond donors (Lipinski definition) is 0. The smallest absolute Gasteiger partial charge is 0.179 e. The van der Waals surface area contributed by atoms with Gasteiger partial charge in [0.25, 0.3) is 0 Å². The van der Waals surface area contributed by atoms with Crippen molar-refractivity contribution in [1.29, 1.82) is 10.5 Å². The maximum atomic E-state index is 9.53. The second-order valence-corrected chi connectivity index (χ2v) is 7.34. The van der Waals surface area contributed by atoms with Crippen LogP contribution < -0.4 is 4.74 Å². The molecule has 0 N–H and O–H groups in total. The summed E-state index contributed by atoms with van der Waals surface area (Å²) in [4.78, 5) is 6.07. The molecule has 0 saturated carbocycles. The highest BCUT2D eigenvalue weighted by atomic mass is 16.5. The van der Waals surface area contributed by atoms with Crippen molar-refractivity contribution in [1.82, 2.24) is 29.3 Å². The number of nitrogens with zero attached hydrogens (tertiary/aromatic N) is 8. The van der Waals surface area contributed by atoms with Gasteiger partial charge >= 0.3 is 0 Å². The van der Waals surface area contributed by atoms with Crippen molar-refractivity contribution in [2.45, 2.75) is 26.1 Å². The molecule has 9 heteroatoms. The van der Waals surface area contributed by atoms with Gasteiger partial charge in [-0.25, -0.2) is 4.52 Å². The number of pyridine rings is 2. The van der Waals surface area contributed by atoms with Gasteiger partial charge in [0.15, 0.2) is 6.19 Å².